The molecule has 86 valence electrons. The average Bonchev–Trinajstić information content (AvgIpc) is 1.80. The van der Waals surface area contributed by atoms with Crippen LogP contribution in [0, 0.1) is 0 Å². The molecule has 0 aromatic heterocycles. The molecule has 11 heteroatoms. The molecule has 0 radical (unpaired) electrons. The fraction of sp³-hybridized carbons (Fsp3) is 1.00. The van der Waals surface area contributed by atoms with Crippen LogP contribution in [0.15, 0.2) is 0 Å². The Balaban J connectivity index is 4.72. The van der Waals surface area contributed by atoms with Crippen molar-refractivity contribution in [3.05, 3.63) is 0 Å². The number of nitrogens with one attached hydrogen (secondary N) is 1. The van der Waals surface area contributed by atoms with Crippen molar-refractivity contribution in [1.29, 1.82) is 0 Å². The highest BCUT2D eigenvalue weighted by Crippen LogP contribution is 2.31. The van der Waals surface area contributed by atoms with E-state index in [2.05, 4.69) is 0 Å². The summed E-state index contributed by atoms with van der Waals surface area (Å²) in [4.78, 5) is 0. The van der Waals surface area contributed by atoms with Gasteiger partial charge in [0.05, 0.1) is 0 Å². The summed E-state index contributed by atoms with van der Waals surface area (Å²) in [7, 11) is -5.73. The van der Waals surface area contributed by atoms with Crippen molar-refractivity contribution in [1.82, 2.24) is 4.72 Å². The Morgan fingerprint density at radius 2 is 1.57 bits per heavy atom. The summed E-state index contributed by atoms with van der Waals surface area (Å²) in [6.45, 7) is 0. The van der Waals surface area contributed by atoms with Gasteiger partial charge in [0, 0.05) is 0 Å². The second kappa shape index (κ2) is 4.18. The van der Waals surface area contributed by atoms with Gasteiger partial charge in [0.2, 0.25) is 3.79 Å². The van der Waals surface area contributed by atoms with Gasteiger partial charge in [0.15, 0.2) is 6.23 Å². The molecule has 0 aromatic carbocycles. The van der Waals surface area contributed by atoms with E-state index in [1.165, 1.54) is 0 Å². The topological polar surface area (TPSA) is 66.4 Å². The Labute approximate surface area is 92.0 Å². The Morgan fingerprint density at radius 3 is 1.79 bits per heavy atom. The van der Waals surface area contributed by atoms with Gasteiger partial charge in [-0.2, -0.15) is 17.9 Å². The molecule has 2 N–H and O–H groups in total. The van der Waals surface area contributed by atoms with Crippen LogP contribution in [0.1, 0.15) is 0 Å². The molecule has 0 aliphatic heterocycles. The Kier molecular flexibility index (Phi) is 4.34. The van der Waals surface area contributed by atoms with Crippen LogP contribution in [0.4, 0.5) is 13.2 Å². The molecule has 1 atom stereocenters. The third-order valence-corrected chi connectivity index (χ3v) is 2.64. The number of hydrogen-bond donors (Lipinski definition) is 2. The van der Waals surface area contributed by atoms with E-state index >= 15 is 0 Å². The van der Waals surface area contributed by atoms with Gasteiger partial charge < -0.3 is 5.11 Å². The summed E-state index contributed by atoms with van der Waals surface area (Å²) in [5.74, 6) is 0. The maximum absolute atomic E-state index is 11.7. The van der Waals surface area contributed by atoms with E-state index in [4.69, 9.17) is 39.9 Å². The molecule has 0 heterocycles. The summed E-state index contributed by atoms with van der Waals surface area (Å²) >= 11 is 14.8. The van der Waals surface area contributed by atoms with Crippen molar-refractivity contribution in [3.63, 3.8) is 0 Å². The van der Waals surface area contributed by atoms with E-state index < -0.39 is 25.6 Å². The van der Waals surface area contributed by atoms with Crippen molar-refractivity contribution >= 4 is 44.8 Å². The second-order valence-electron chi connectivity index (χ2n) is 2.01. The van der Waals surface area contributed by atoms with Gasteiger partial charge in [-0.3, -0.25) is 0 Å². The summed E-state index contributed by atoms with van der Waals surface area (Å²) in [5.41, 5.74) is -5.58. The lowest BCUT2D eigenvalue weighted by molar-refractivity contribution is -0.0464. The van der Waals surface area contributed by atoms with Crippen LogP contribution in [0.2, 0.25) is 0 Å². The molecule has 0 amide bonds. The normalized spacial score (nSPS) is 16.8. The number of aliphatic hydroxyl groups excluding tert-OH is 1. The first-order valence-corrected chi connectivity index (χ1v) is 5.33. The summed E-state index contributed by atoms with van der Waals surface area (Å²) in [6, 6.07) is 0. The van der Waals surface area contributed by atoms with Crippen LogP contribution in [-0.4, -0.2) is 29.1 Å². The summed E-state index contributed by atoms with van der Waals surface area (Å²) in [6.07, 6.45) is -2.49. The van der Waals surface area contributed by atoms with Crippen LogP contribution in [0.25, 0.3) is 0 Å². The molecule has 0 spiro atoms. The number of hydrogen-bond acceptors (Lipinski definition) is 3. The third-order valence-electron chi connectivity index (χ3n) is 0.882. The van der Waals surface area contributed by atoms with Gasteiger partial charge in [0.25, 0.3) is 0 Å². The third kappa shape index (κ3) is 3.95. The largest absolute Gasteiger partial charge is 0.511 e. The molecule has 0 rings (SSSR count). The molecule has 0 aromatic rings. The van der Waals surface area contributed by atoms with Gasteiger partial charge in [0.1, 0.15) is 0 Å². The highest BCUT2D eigenvalue weighted by Gasteiger charge is 2.49. The molecule has 0 bridgehead atoms. The zero-order valence-corrected chi connectivity index (χ0v) is 9.10. The van der Waals surface area contributed by atoms with E-state index in [-0.39, 0.29) is 0 Å². The fourth-order valence-corrected chi connectivity index (χ4v) is 1.24. The first-order chi connectivity index (χ1) is 5.88. The predicted molar refractivity (Wildman–Crippen MR) is 44.4 cm³/mol. The molecule has 14 heavy (non-hydrogen) atoms. The van der Waals surface area contributed by atoms with Gasteiger partial charge >= 0.3 is 15.5 Å². The van der Waals surface area contributed by atoms with E-state index in [1.807, 2.05) is 0 Å². The Hall–Kier alpha value is 0.530. The number of aliphatic hydroxyl groups is 1. The van der Waals surface area contributed by atoms with Crippen LogP contribution < -0.4 is 4.72 Å². The molecular weight excluding hydrogens is 293 g/mol. The molecule has 0 fully saturated rings. The zero-order valence-electron chi connectivity index (χ0n) is 6.02. The van der Waals surface area contributed by atoms with Gasteiger partial charge in [-0.1, -0.05) is 34.8 Å². The van der Waals surface area contributed by atoms with Crippen molar-refractivity contribution in [2.45, 2.75) is 15.5 Å². The van der Waals surface area contributed by atoms with E-state index in [0.717, 1.165) is 4.72 Å². The van der Waals surface area contributed by atoms with Gasteiger partial charge in [-0.25, -0.2) is 8.42 Å². The first kappa shape index (κ1) is 14.5. The zero-order chi connectivity index (χ0) is 11.8. The lowest BCUT2D eigenvalue weighted by atomic mass is 10.7. The number of alkyl halides is 6. The second-order valence-corrected chi connectivity index (χ2v) is 6.09. The predicted octanol–water partition coefficient (Wildman–Crippen LogP) is 1.11. The standard InChI is InChI=1S/C3H3Cl3F3NO3S/c4-2(5,6)1(11)10-14(12,13)3(7,8)9/h1,10-11H. The van der Waals surface area contributed by atoms with Crippen LogP contribution in [0.5, 0.6) is 0 Å². The minimum atomic E-state index is -5.73. The number of halogens is 6. The monoisotopic (exact) mass is 295 g/mol. The number of sulfonamides is 1. The smallest absolute Gasteiger partial charge is 0.373 e. The minimum absolute atomic E-state index is 0.743. The van der Waals surface area contributed by atoms with Crippen molar-refractivity contribution < 1.29 is 26.7 Å². The summed E-state index contributed by atoms with van der Waals surface area (Å²) < 4.78 is 53.9. The van der Waals surface area contributed by atoms with E-state index in [1.54, 1.807) is 0 Å². The quantitative estimate of drug-likeness (QED) is 0.593. The van der Waals surface area contributed by atoms with Crippen LogP contribution in [0.3, 0.4) is 0 Å². The maximum atomic E-state index is 11.7. The van der Waals surface area contributed by atoms with Gasteiger partial charge in [-0.15, -0.1) is 0 Å². The molecule has 0 aliphatic rings. The highest BCUT2D eigenvalue weighted by molar-refractivity contribution is 7.90. The molecule has 0 saturated heterocycles. The Morgan fingerprint density at radius 1 is 1.21 bits per heavy atom. The van der Waals surface area contributed by atoms with Crippen LogP contribution >= 0.6 is 34.8 Å². The maximum Gasteiger partial charge on any atom is 0.511 e. The average molecular weight is 296 g/mol. The van der Waals surface area contributed by atoms with E-state index in [9.17, 15) is 21.6 Å². The van der Waals surface area contributed by atoms with Crippen molar-refractivity contribution in [3.8, 4) is 0 Å². The Bertz CT molecular complexity index is 296. The lowest BCUT2D eigenvalue weighted by Crippen LogP contribution is -2.48. The SMILES string of the molecule is O=S(=O)(NC(O)C(Cl)(Cl)Cl)C(F)(F)F. The number of rotatable bonds is 2. The highest BCUT2D eigenvalue weighted by atomic mass is 35.6. The lowest BCUT2D eigenvalue weighted by Gasteiger charge is -2.20. The molecule has 0 aliphatic carbocycles. The van der Waals surface area contributed by atoms with Crippen molar-refractivity contribution in [2.75, 3.05) is 0 Å². The summed E-state index contributed by atoms with van der Waals surface area (Å²) in [5, 5.41) is 8.70. The molecule has 0 saturated carbocycles. The first-order valence-electron chi connectivity index (χ1n) is 2.71. The fourth-order valence-electron chi connectivity index (χ4n) is 0.281. The molecule has 1 unspecified atom stereocenters. The van der Waals surface area contributed by atoms with Gasteiger partial charge in [-0.05, 0) is 0 Å². The molecule has 4 nitrogen and oxygen atoms in total. The molecular formula is C3H3Cl3F3NO3S. The minimum Gasteiger partial charge on any atom is -0.373 e. The van der Waals surface area contributed by atoms with Crippen LogP contribution in [-0.2, 0) is 10.0 Å². The van der Waals surface area contributed by atoms with Crippen molar-refractivity contribution in [2.24, 2.45) is 0 Å². The van der Waals surface area contributed by atoms with E-state index in [0.29, 0.717) is 0 Å².